The molecule has 0 N–H and O–H groups in total. The number of carbonyl (C=O) groups excluding carboxylic acids is 1. The van der Waals surface area contributed by atoms with Crippen LogP contribution in [0.2, 0.25) is 0 Å². The summed E-state index contributed by atoms with van der Waals surface area (Å²) in [6.45, 7) is 4.23. The molecule has 0 fully saturated rings. The van der Waals surface area contributed by atoms with Crippen LogP contribution in [0, 0.1) is 13.8 Å². The van der Waals surface area contributed by atoms with Gasteiger partial charge in [-0.2, -0.15) is 4.57 Å². The highest BCUT2D eigenvalue weighted by Gasteiger charge is 2.14. The minimum atomic E-state index is 0. The van der Waals surface area contributed by atoms with E-state index in [-0.39, 0.29) is 22.8 Å². The summed E-state index contributed by atoms with van der Waals surface area (Å²) in [7, 11) is 0. The quantitative estimate of drug-likeness (QED) is 0.645. The molecule has 0 spiro atoms. The predicted octanol–water partition coefficient (Wildman–Crippen LogP) is 2.45. The van der Waals surface area contributed by atoms with Gasteiger partial charge in [-0.3, -0.25) is 4.79 Å². The van der Waals surface area contributed by atoms with Crippen molar-refractivity contribution in [1.29, 1.82) is 0 Å². The molecular weight excluding hydrogens is 292 g/mol. The van der Waals surface area contributed by atoms with Crippen LogP contribution in [0.4, 0.5) is 0 Å². The highest BCUT2D eigenvalue weighted by atomic mass is 79.9. The zero-order valence-electron chi connectivity index (χ0n) is 10.5. The molecule has 1 aromatic heterocycles. The Balaban J connectivity index is 0.00000162. The maximum Gasteiger partial charge on any atom is 0.227 e. The number of nitrogens with zero attached hydrogens (tertiary/aromatic N) is 2. The van der Waals surface area contributed by atoms with Crippen molar-refractivity contribution in [2.45, 2.75) is 20.4 Å². The summed E-state index contributed by atoms with van der Waals surface area (Å²) < 4.78 is 1.93. The number of rotatable bonds is 3. The van der Waals surface area contributed by atoms with Gasteiger partial charge in [0.05, 0.1) is 6.20 Å². The molecule has 2 aromatic rings. The van der Waals surface area contributed by atoms with Crippen molar-refractivity contribution in [3.05, 3.63) is 59.7 Å². The summed E-state index contributed by atoms with van der Waals surface area (Å²) in [4.78, 5) is 16.2. The standard InChI is InChI=1S/C14H15N2O.BrH/c1-11-9-16(12(2)8-15-11)10-14(17)13-6-4-3-5-7-13;/h3-9H,10H2,1-2H3;1H/q+1;. The molecule has 18 heavy (non-hydrogen) atoms. The summed E-state index contributed by atoms with van der Waals surface area (Å²) in [5.41, 5.74) is 2.64. The first-order valence-electron chi connectivity index (χ1n) is 5.58. The molecule has 0 bridgehead atoms. The third-order valence-corrected chi connectivity index (χ3v) is 2.66. The molecule has 3 nitrogen and oxygen atoms in total. The van der Waals surface area contributed by atoms with Gasteiger partial charge >= 0.3 is 0 Å². The van der Waals surface area contributed by atoms with E-state index in [2.05, 4.69) is 4.98 Å². The van der Waals surface area contributed by atoms with Crippen LogP contribution < -0.4 is 4.57 Å². The largest absolute Gasteiger partial charge is 0.287 e. The summed E-state index contributed by atoms with van der Waals surface area (Å²) in [6, 6.07) is 9.34. The minimum Gasteiger partial charge on any atom is -0.287 e. The van der Waals surface area contributed by atoms with Crippen molar-refractivity contribution in [2.24, 2.45) is 0 Å². The van der Waals surface area contributed by atoms with Crippen molar-refractivity contribution in [3.8, 4) is 0 Å². The molecule has 0 atom stereocenters. The summed E-state index contributed by atoms with van der Waals surface area (Å²) >= 11 is 0. The van der Waals surface area contributed by atoms with E-state index in [4.69, 9.17) is 0 Å². The van der Waals surface area contributed by atoms with Gasteiger partial charge in [0.2, 0.25) is 12.3 Å². The fourth-order valence-electron chi connectivity index (χ4n) is 1.67. The second-order valence-electron chi connectivity index (χ2n) is 4.09. The SMILES string of the molecule is Br.Cc1c[n+](CC(=O)c2ccccc2)c(C)cn1. The second-order valence-corrected chi connectivity index (χ2v) is 4.09. The Hall–Kier alpha value is -1.55. The van der Waals surface area contributed by atoms with Crippen LogP contribution in [0.5, 0.6) is 0 Å². The number of carbonyl (C=O) groups is 1. The molecule has 0 saturated heterocycles. The number of hydrogen-bond donors (Lipinski definition) is 0. The first-order valence-corrected chi connectivity index (χ1v) is 5.58. The Kier molecular flexibility index (Phi) is 5.16. The topological polar surface area (TPSA) is 33.8 Å². The lowest BCUT2D eigenvalue weighted by atomic mass is 10.1. The third-order valence-electron chi connectivity index (χ3n) is 2.66. The van der Waals surface area contributed by atoms with E-state index in [1.165, 1.54) is 0 Å². The summed E-state index contributed by atoms with van der Waals surface area (Å²) in [5, 5.41) is 0. The molecule has 0 amide bonds. The number of ketones is 1. The van der Waals surface area contributed by atoms with Crippen LogP contribution in [-0.2, 0) is 6.54 Å². The molecule has 0 aliphatic carbocycles. The number of aryl methyl sites for hydroxylation is 2. The van der Waals surface area contributed by atoms with Gasteiger partial charge in [-0.1, -0.05) is 30.3 Å². The van der Waals surface area contributed by atoms with Gasteiger partial charge in [0.25, 0.3) is 0 Å². The third kappa shape index (κ3) is 3.47. The molecule has 1 aromatic carbocycles. The number of Topliss-reactive ketones (excluding diaryl/α,β-unsaturated/α-hetero) is 1. The molecular formula is C14H16BrN2O+. The van der Waals surface area contributed by atoms with Crippen LogP contribution in [0.25, 0.3) is 0 Å². The zero-order valence-corrected chi connectivity index (χ0v) is 12.2. The van der Waals surface area contributed by atoms with E-state index >= 15 is 0 Å². The lowest BCUT2D eigenvalue weighted by Gasteiger charge is -2.01. The number of halogens is 1. The van der Waals surface area contributed by atoms with Crippen LogP contribution in [0.1, 0.15) is 21.7 Å². The van der Waals surface area contributed by atoms with E-state index in [1.54, 1.807) is 6.20 Å². The van der Waals surface area contributed by atoms with Gasteiger partial charge in [-0.05, 0) is 6.92 Å². The first kappa shape index (κ1) is 14.5. The molecule has 0 saturated carbocycles. The van der Waals surface area contributed by atoms with Crippen molar-refractivity contribution in [2.75, 3.05) is 0 Å². The van der Waals surface area contributed by atoms with E-state index in [0.29, 0.717) is 6.54 Å². The Morgan fingerprint density at radius 1 is 1.22 bits per heavy atom. The smallest absolute Gasteiger partial charge is 0.227 e. The lowest BCUT2D eigenvalue weighted by Crippen LogP contribution is -2.41. The average Bonchev–Trinajstić information content (AvgIpc) is 2.35. The fourth-order valence-corrected chi connectivity index (χ4v) is 1.67. The first-order chi connectivity index (χ1) is 8.16. The number of benzene rings is 1. The molecule has 94 valence electrons. The second kappa shape index (κ2) is 6.40. The Bertz CT molecular complexity index is 541. The molecule has 4 heteroatoms. The van der Waals surface area contributed by atoms with Crippen LogP contribution >= 0.6 is 17.0 Å². The minimum absolute atomic E-state index is 0. The van der Waals surface area contributed by atoms with Gasteiger partial charge < -0.3 is 0 Å². The zero-order chi connectivity index (χ0) is 12.3. The molecule has 2 rings (SSSR count). The number of aromatic nitrogens is 2. The van der Waals surface area contributed by atoms with E-state index in [0.717, 1.165) is 17.0 Å². The van der Waals surface area contributed by atoms with Gasteiger partial charge in [-0.15, -0.1) is 17.0 Å². The van der Waals surface area contributed by atoms with E-state index in [1.807, 2.05) is 54.9 Å². The number of hydrogen-bond acceptors (Lipinski definition) is 2. The normalized spacial score (nSPS) is 9.67. The van der Waals surface area contributed by atoms with E-state index in [9.17, 15) is 4.79 Å². The summed E-state index contributed by atoms with van der Waals surface area (Å²) in [5.74, 6) is 0.115. The van der Waals surface area contributed by atoms with E-state index < -0.39 is 0 Å². The Morgan fingerprint density at radius 3 is 2.56 bits per heavy atom. The molecule has 1 heterocycles. The van der Waals surface area contributed by atoms with Crippen LogP contribution in [0.15, 0.2) is 42.7 Å². The Labute approximate surface area is 117 Å². The van der Waals surface area contributed by atoms with Gasteiger partial charge in [0.15, 0.2) is 11.9 Å². The average molecular weight is 308 g/mol. The lowest BCUT2D eigenvalue weighted by molar-refractivity contribution is -0.690. The van der Waals surface area contributed by atoms with Crippen LogP contribution in [-0.4, -0.2) is 10.8 Å². The molecule has 0 aliphatic heterocycles. The van der Waals surface area contributed by atoms with Crippen molar-refractivity contribution in [1.82, 2.24) is 4.98 Å². The maximum atomic E-state index is 12.0. The van der Waals surface area contributed by atoms with Crippen LogP contribution in [0.3, 0.4) is 0 Å². The molecule has 0 aliphatic rings. The fraction of sp³-hybridized carbons (Fsp3) is 0.214. The molecule has 0 unspecified atom stereocenters. The molecule has 0 radical (unpaired) electrons. The van der Waals surface area contributed by atoms with Crippen molar-refractivity contribution in [3.63, 3.8) is 0 Å². The van der Waals surface area contributed by atoms with Gasteiger partial charge in [-0.25, -0.2) is 4.98 Å². The van der Waals surface area contributed by atoms with Crippen molar-refractivity contribution < 1.29 is 9.36 Å². The monoisotopic (exact) mass is 307 g/mol. The highest BCUT2D eigenvalue weighted by molar-refractivity contribution is 8.93. The predicted molar refractivity (Wildman–Crippen MR) is 75.0 cm³/mol. The van der Waals surface area contributed by atoms with Crippen molar-refractivity contribution >= 4 is 22.8 Å². The summed E-state index contributed by atoms with van der Waals surface area (Å²) in [6.07, 6.45) is 3.68. The highest BCUT2D eigenvalue weighted by Crippen LogP contribution is 2.00. The Morgan fingerprint density at radius 2 is 1.89 bits per heavy atom. The maximum absolute atomic E-state index is 12.0. The van der Waals surface area contributed by atoms with Gasteiger partial charge in [0, 0.05) is 12.5 Å². The van der Waals surface area contributed by atoms with Gasteiger partial charge in [0.1, 0.15) is 5.69 Å².